The molecular formula is C16H24FNO4. The molecule has 1 fully saturated rings. The van der Waals surface area contributed by atoms with Crippen molar-refractivity contribution in [2.75, 3.05) is 46.6 Å². The Kier molecular flexibility index (Phi) is 6.57. The van der Waals surface area contributed by atoms with Crippen LogP contribution in [-0.2, 0) is 9.47 Å². The number of benzene rings is 1. The van der Waals surface area contributed by atoms with Crippen molar-refractivity contribution in [1.29, 1.82) is 0 Å². The predicted molar refractivity (Wildman–Crippen MR) is 80.7 cm³/mol. The lowest BCUT2D eigenvalue weighted by Gasteiger charge is -2.33. The molecule has 1 saturated heterocycles. The number of nitrogens with zero attached hydrogens (tertiary/aromatic N) is 1. The fraction of sp³-hybridized carbons (Fsp3) is 0.625. The Hall–Kier alpha value is -1.21. The number of aliphatic hydroxyl groups excluding tert-OH is 1. The van der Waals surface area contributed by atoms with Crippen LogP contribution in [0.3, 0.4) is 0 Å². The number of hydrogen-bond donors (Lipinski definition) is 1. The molecule has 0 radical (unpaired) electrons. The minimum Gasteiger partial charge on any atom is -0.488 e. The third kappa shape index (κ3) is 5.21. The van der Waals surface area contributed by atoms with Gasteiger partial charge in [0, 0.05) is 26.7 Å². The van der Waals surface area contributed by atoms with Crippen LogP contribution < -0.4 is 4.74 Å². The van der Waals surface area contributed by atoms with E-state index in [1.54, 1.807) is 19.2 Å². The number of aliphatic hydroxyl groups is 1. The number of rotatable bonds is 7. The second kappa shape index (κ2) is 8.43. The maximum absolute atomic E-state index is 13.6. The van der Waals surface area contributed by atoms with Crippen molar-refractivity contribution < 1.29 is 23.7 Å². The predicted octanol–water partition coefficient (Wildman–Crippen LogP) is 1.22. The molecule has 0 aliphatic carbocycles. The van der Waals surface area contributed by atoms with Gasteiger partial charge in [-0.1, -0.05) is 6.07 Å². The molecule has 1 N–H and O–H groups in total. The van der Waals surface area contributed by atoms with Crippen LogP contribution in [0.2, 0.25) is 0 Å². The van der Waals surface area contributed by atoms with E-state index in [1.807, 2.05) is 6.92 Å². The van der Waals surface area contributed by atoms with Crippen LogP contribution in [-0.4, -0.2) is 68.8 Å². The number of halogens is 1. The number of ether oxygens (including phenoxy) is 3. The summed E-state index contributed by atoms with van der Waals surface area (Å²) in [5.74, 6) is -0.117. The summed E-state index contributed by atoms with van der Waals surface area (Å²) in [4.78, 5) is 2.10. The number of β-amino-alcohol motifs (C(OH)–C–C–N with tert-alkyl or cyclic N) is 1. The van der Waals surface area contributed by atoms with Gasteiger partial charge in [0.1, 0.15) is 12.7 Å². The Morgan fingerprint density at radius 3 is 3.09 bits per heavy atom. The maximum atomic E-state index is 13.6. The molecule has 6 heteroatoms. The molecule has 1 aromatic carbocycles. The molecular weight excluding hydrogens is 289 g/mol. The molecule has 0 saturated carbocycles. The van der Waals surface area contributed by atoms with Crippen molar-refractivity contribution in [3.8, 4) is 5.75 Å². The Balaban J connectivity index is 1.81. The minimum absolute atomic E-state index is 0.136. The Morgan fingerprint density at radius 2 is 2.32 bits per heavy atom. The molecule has 124 valence electrons. The lowest BCUT2D eigenvalue weighted by atomic mass is 10.2. The summed E-state index contributed by atoms with van der Waals surface area (Å²) < 4.78 is 29.7. The van der Waals surface area contributed by atoms with Crippen LogP contribution in [0.1, 0.15) is 5.56 Å². The highest BCUT2D eigenvalue weighted by Gasteiger charge is 2.23. The molecule has 1 heterocycles. The number of aryl methyl sites for hydroxylation is 1. The molecule has 0 spiro atoms. The average molecular weight is 313 g/mol. The van der Waals surface area contributed by atoms with E-state index in [1.165, 1.54) is 6.07 Å². The minimum atomic E-state index is -0.515. The summed E-state index contributed by atoms with van der Waals surface area (Å²) >= 11 is 0. The Labute approximate surface area is 130 Å². The summed E-state index contributed by atoms with van der Waals surface area (Å²) in [7, 11) is 1.57. The topological polar surface area (TPSA) is 51.2 Å². The lowest BCUT2D eigenvalue weighted by Crippen LogP contribution is -2.48. The standard InChI is InChI=1S/C16H24FNO4/c1-12-3-4-15(17)16(7-12)22-11-14-9-18(5-6-21-14)8-13(19)10-20-2/h3-4,7,13-14,19H,5-6,8-11H2,1-2H3/t13-,14+/m1/s1. The fourth-order valence-corrected chi connectivity index (χ4v) is 2.49. The highest BCUT2D eigenvalue weighted by atomic mass is 19.1. The molecule has 1 aliphatic rings. The first-order valence-corrected chi connectivity index (χ1v) is 7.48. The summed E-state index contributed by atoms with van der Waals surface area (Å²) in [6, 6.07) is 4.79. The molecule has 2 atom stereocenters. The SMILES string of the molecule is COC[C@H](O)CN1CCO[C@H](COc2cc(C)ccc2F)C1. The number of morpholine rings is 1. The van der Waals surface area contributed by atoms with Crippen molar-refractivity contribution in [3.05, 3.63) is 29.6 Å². The van der Waals surface area contributed by atoms with Gasteiger partial charge in [0.15, 0.2) is 11.6 Å². The van der Waals surface area contributed by atoms with Gasteiger partial charge < -0.3 is 19.3 Å². The van der Waals surface area contributed by atoms with Crippen molar-refractivity contribution in [2.45, 2.75) is 19.1 Å². The van der Waals surface area contributed by atoms with Crippen LogP contribution in [0.25, 0.3) is 0 Å². The first-order chi connectivity index (χ1) is 10.6. The monoisotopic (exact) mass is 313 g/mol. The van der Waals surface area contributed by atoms with Crippen LogP contribution in [0.4, 0.5) is 4.39 Å². The van der Waals surface area contributed by atoms with Crippen molar-refractivity contribution in [1.82, 2.24) is 4.90 Å². The van der Waals surface area contributed by atoms with Gasteiger partial charge in [-0.3, -0.25) is 4.90 Å². The zero-order chi connectivity index (χ0) is 15.9. The van der Waals surface area contributed by atoms with Crippen molar-refractivity contribution in [2.24, 2.45) is 0 Å². The normalized spacial score (nSPS) is 20.8. The average Bonchev–Trinajstić information content (AvgIpc) is 2.49. The number of methoxy groups -OCH3 is 1. The first kappa shape index (κ1) is 17.1. The van der Waals surface area contributed by atoms with Crippen LogP contribution in [0.5, 0.6) is 5.75 Å². The van der Waals surface area contributed by atoms with Crippen molar-refractivity contribution in [3.63, 3.8) is 0 Å². The molecule has 0 amide bonds. The van der Waals surface area contributed by atoms with Crippen LogP contribution >= 0.6 is 0 Å². The van der Waals surface area contributed by atoms with E-state index in [-0.39, 0.29) is 24.3 Å². The highest BCUT2D eigenvalue weighted by Crippen LogP contribution is 2.19. The van der Waals surface area contributed by atoms with E-state index in [2.05, 4.69) is 4.90 Å². The van der Waals surface area contributed by atoms with Gasteiger partial charge >= 0.3 is 0 Å². The molecule has 0 unspecified atom stereocenters. The van der Waals surface area contributed by atoms with Gasteiger partial charge in [-0.25, -0.2) is 4.39 Å². The second-order valence-electron chi connectivity index (χ2n) is 5.61. The van der Waals surface area contributed by atoms with Crippen LogP contribution in [0, 0.1) is 12.7 Å². The largest absolute Gasteiger partial charge is 0.488 e. The maximum Gasteiger partial charge on any atom is 0.165 e. The van der Waals surface area contributed by atoms with Crippen LogP contribution in [0.15, 0.2) is 18.2 Å². The summed E-state index contributed by atoms with van der Waals surface area (Å²) in [6.07, 6.45) is -0.651. The molecule has 22 heavy (non-hydrogen) atoms. The van der Waals surface area contributed by atoms with Gasteiger partial charge in [0.2, 0.25) is 0 Å². The second-order valence-corrected chi connectivity index (χ2v) is 5.61. The smallest absolute Gasteiger partial charge is 0.165 e. The van der Waals surface area contributed by atoms with Gasteiger partial charge in [0.05, 0.1) is 19.3 Å². The lowest BCUT2D eigenvalue weighted by molar-refractivity contribution is -0.0629. The Bertz CT molecular complexity index is 471. The molecule has 2 rings (SSSR count). The third-order valence-corrected chi connectivity index (χ3v) is 3.56. The van der Waals surface area contributed by atoms with Gasteiger partial charge in [-0.15, -0.1) is 0 Å². The van der Waals surface area contributed by atoms with E-state index < -0.39 is 6.10 Å². The molecule has 1 aromatic rings. The summed E-state index contributed by atoms with van der Waals surface area (Å²) in [5.41, 5.74) is 0.949. The quantitative estimate of drug-likeness (QED) is 0.820. The third-order valence-electron chi connectivity index (χ3n) is 3.56. The molecule has 0 aromatic heterocycles. The fourth-order valence-electron chi connectivity index (χ4n) is 2.49. The summed E-state index contributed by atoms with van der Waals surface area (Å²) in [6.45, 7) is 5.01. The van der Waals surface area contributed by atoms with Gasteiger partial charge in [-0.2, -0.15) is 0 Å². The zero-order valence-corrected chi connectivity index (χ0v) is 13.1. The zero-order valence-electron chi connectivity index (χ0n) is 13.1. The molecule has 1 aliphatic heterocycles. The van der Waals surface area contributed by atoms with E-state index in [0.29, 0.717) is 26.3 Å². The Morgan fingerprint density at radius 1 is 1.50 bits per heavy atom. The highest BCUT2D eigenvalue weighted by molar-refractivity contribution is 5.29. The first-order valence-electron chi connectivity index (χ1n) is 7.48. The molecule has 5 nitrogen and oxygen atoms in total. The van der Waals surface area contributed by atoms with E-state index in [4.69, 9.17) is 14.2 Å². The van der Waals surface area contributed by atoms with Gasteiger partial charge in [-0.05, 0) is 24.6 Å². The number of hydrogen-bond acceptors (Lipinski definition) is 5. The van der Waals surface area contributed by atoms with E-state index in [9.17, 15) is 9.50 Å². The molecule has 0 bridgehead atoms. The van der Waals surface area contributed by atoms with Gasteiger partial charge in [0.25, 0.3) is 0 Å². The van der Waals surface area contributed by atoms with E-state index >= 15 is 0 Å². The van der Waals surface area contributed by atoms with E-state index in [0.717, 1.165) is 12.1 Å². The van der Waals surface area contributed by atoms with Crippen molar-refractivity contribution >= 4 is 0 Å². The summed E-state index contributed by atoms with van der Waals surface area (Å²) in [5, 5.41) is 9.77.